The maximum Gasteiger partial charge on any atom is 0.191 e. The van der Waals surface area contributed by atoms with Crippen LogP contribution in [-0.2, 0) is 4.74 Å². The van der Waals surface area contributed by atoms with Crippen LogP contribution in [0.2, 0.25) is 0 Å². The van der Waals surface area contributed by atoms with E-state index in [1.807, 2.05) is 0 Å². The molecule has 1 aromatic rings. The first-order valence-corrected chi connectivity index (χ1v) is 10.3. The summed E-state index contributed by atoms with van der Waals surface area (Å²) < 4.78 is 5.07. The van der Waals surface area contributed by atoms with E-state index in [-0.39, 0.29) is 0 Å². The van der Waals surface area contributed by atoms with Crippen molar-refractivity contribution in [3.8, 4) is 0 Å². The molecule has 27 heavy (non-hydrogen) atoms. The van der Waals surface area contributed by atoms with E-state index in [0.29, 0.717) is 0 Å². The van der Waals surface area contributed by atoms with Crippen LogP contribution < -0.4 is 15.5 Å². The predicted molar refractivity (Wildman–Crippen MR) is 115 cm³/mol. The molecule has 2 N–H and O–H groups in total. The van der Waals surface area contributed by atoms with E-state index in [1.165, 1.54) is 11.3 Å². The van der Waals surface area contributed by atoms with Gasteiger partial charge in [0.1, 0.15) is 0 Å². The summed E-state index contributed by atoms with van der Waals surface area (Å²) in [5.41, 5.74) is 2.69. The lowest BCUT2D eigenvalue weighted by Gasteiger charge is -2.36. The number of aliphatic imine (C=N–C) groups is 1. The number of methoxy groups -OCH3 is 1. The van der Waals surface area contributed by atoms with Crippen LogP contribution in [0.5, 0.6) is 0 Å². The van der Waals surface area contributed by atoms with Crippen molar-refractivity contribution in [1.82, 2.24) is 15.5 Å². The second-order valence-electron chi connectivity index (χ2n) is 7.06. The van der Waals surface area contributed by atoms with Crippen LogP contribution >= 0.6 is 0 Å². The van der Waals surface area contributed by atoms with E-state index in [9.17, 15) is 0 Å². The van der Waals surface area contributed by atoms with Crippen molar-refractivity contribution in [2.24, 2.45) is 4.99 Å². The van der Waals surface area contributed by atoms with Gasteiger partial charge < -0.3 is 20.3 Å². The first-order chi connectivity index (χ1) is 13.2. The summed E-state index contributed by atoms with van der Waals surface area (Å²) >= 11 is 0. The summed E-state index contributed by atoms with van der Waals surface area (Å²) in [6, 6.07) is 8.82. The molecule has 0 aromatic heterocycles. The van der Waals surface area contributed by atoms with Crippen molar-refractivity contribution >= 4 is 11.6 Å². The molecule has 0 aliphatic carbocycles. The highest BCUT2D eigenvalue weighted by Crippen LogP contribution is 2.17. The summed E-state index contributed by atoms with van der Waals surface area (Å²) in [7, 11) is 1.73. The van der Waals surface area contributed by atoms with Gasteiger partial charge in [0.15, 0.2) is 5.96 Å². The molecule has 1 aliphatic heterocycles. The minimum absolute atomic E-state index is 0.761. The van der Waals surface area contributed by atoms with E-state index in [1.54, 1.807) is 7.11 Å². The standard InChI is InChI=1S/C21H37N5O/c1-4-22-21(24-11-7-17-27-3)23-10-6-12-25-13-15-26(16-14-25)20-9-5-8-19(2)18-20/h5,8-9,18H,4,6-7,10-17H2,1-3H3,(H2,22,23,24). The van der Waals surface area contributed by atoms with Gasteiger partial charge in [-0.1, -0.05) is 12.1 Å². The van der Waals surface area contributed by atoms with Gasteiger partial charge in [-0.2, -0.15) is 0 Å². The number of piperazine rings is 1. The second-order valence-corrected chi connectivity index (χ2v) is 7.06. The first-order valence-electron chi connectivity index (χ1n) is 10.3. The lowest BCUT2D eigenvalue weighted by Crippen LogP contribution is -2.47. The maximum atomic E-state index is 5.07. The van der Waals surface area contributed by atoms with Gasteiger partial charge in [0.05, 0.1) is 0 Å². The van der Waals surface area contributed by atoms with Crippen molar-refractivity contribution in [1.29, 1.82) is 0 Å². The van der Waals surface area contributed by atoms with Crippen LogP contribution in [0.25, 0.3) is 0 Å². The van der Waals surface area contributed by atoms with Crippen LogP contribution in [0.15, 0.2) is 29.3 Å². The van der Waals surface area contributed by atoms with Crippen LogP contribution in [0.3, 0.4) is 0 Å². The van der Waals surface area contributed by atoms with Crippen LogP contribution in [0, 0.1) is 6.92 Å². The summed E-state index contributed by atoms with van der Waals surface area (Å²) in [5, 5.41) is 6.74. The smallest absolute Gasteiger partial charge is 0.191 e. The van der Waals surface area contributed by atoms with E-state index >= 15 is 0 Å². The molecule has 152 valence electrons. The van der Waals surface area contributed by atoms with Crippen molar-refractivity contribution in [3.63, 3.8) is 0 Å². The molecule has 0 bridgehead atoms. The average Bonchev–Trinajstić information content (AvgIpc) is 2.69. The fourth-order valence-corrected chi connectivity index (χ4v) is 3.31. The second kappa shape index (κ2) is 12.6. The number of ether oxygens (including phenoxy) is 1. The third kappa shape index (κ3) is 8.18. The third-order valence-electron chi connectivity index (χ3n) is 4.80. The highest BCUT2D eigenvalue weighted by atomic mass is 16.5. The fraction of sp³-hybridized carbons (Fsp3) is 0.667. The maximum absolute atomic E-state index is 5.07. The molecule has 0 unspecified atom stereocenters. The highest BCUT2D eigenvalue weighted by molar-refractivity contribution is 5.79. The van der Waals surface area contributed by atoms with Gasteiger partial charge in [-0.15, -0.1) is 0 Å². The Morgan fingerprint density at radius 2 is 1.96 bits per heavy atom. The molecular weight excluding hydrogens is 338 g/mol. The predicted octanol–water partition coefficient (Wildman–Crippen LogP) is 2.10. The zero-order valence-electron chi connectivity index (χ0n) is 17.3. The first kappa shape index (κ1) is 21.5. The van der Waals surface area contributed by atoms with Crippen LogP contribution in [-0.4, -0.2) is 76.9 Å². The quantitative estimate of drug-likeness (QED) is 0.373. The van der Waals surface area contributed by atoms with E-state index in [4.69, 9.17) is 4.74 Å². The molecule has 6 heteroatoms. The third-order valence-corrected chi connectivity index (χ3v) is 4.80. The lowest BCUT2D eigenvalue weighted by molar-refractivity contribution is 0.197. The van der Waals surface area contributed by atoms with Gasteiger partial charge in [-0.05, 0) is 50.9 Å². The van der Waals surface area contributed by atoms with Gasteiger partial charge >= 0.3 is 0 Å². The minimum Gasteiger partial charge on any atom is -0.385 e. The number of benzene rings is 1. The zero-order chi connectivity index (χ0) is 19.3. The van der Waals surface area contributed by atoms with Crippen LogP contribution in [0.1, 0.15) is 25.3 Å². The van der Waals surface area contributed by atoms with E-state index < -0.39 is 0 Å². The molecule has 1 fully saturated rings. The molecule has 1 saturated heterocycles. The molecule has 0 atom stereocenters. The minimum atomic E-state index is 0.761. The number of aryl methyl sites for hydroxylation is 1. The molecule has 0 radical (unpaired) electrons. The summed E-state index contributed by atoms with van der Waals surface area (Å²) in [6.07, 6.45) is 2.09. The molecular formula is C21H37N5O. The number of hydrogen-bond acceptors (Lipinski definition) is 4. The molecule has 2 rings (SSSR count). The largest absolute Gasteiger partial charge is 0.385 e. The Balaban J connectivity index is 1.63. The normalized spacial score (nSPS) is 15.8. The Bertz CT molecular complexity index is 555. The number of rotatable bonds is 10. The molecule has 1 aliphatic rings. The Morgan fingerprint density at radius 1 is 1.15 bits per heavy atom. The number of guanidine groups is 1. The zero-order valence-corrected chi connectivity index (χ0v) is 17.3. The van der Waals surface area contributed by atoms with Gasteiger partial charge in [0.2, 0.25) is 0 Å². The Kier molecular flexibility index (Phi) is 10.0. The highest BCUT2D eigenvalue weighted by Gasteiger charge is 2.16. The fourth-order valence-electron chi connectivity index (χ4n) is 3.31. The molecule has 0 amide bonds. The van der Waals surface area contributed by atoms with Gasteiger partial charge in [0, 0.05) is 65.2 Å². The average molecular weight is 376 g/mol. The van der Waals surface area contributed by atoms with E-state index in [2.05, 4.69) is 63.5 Å². The molecule has 0 saturated carbocycles. The summed E-state index contributed by atoms with van der Waals surface area (Å²) in [4.78, 5) is 9.64. The number of nitrogens with one attached hydrogen (secondary N) is 2. The topological polar surface area (TPSA) is 52.1 Å². The SMILES string of the molecule is CCNC(=NCCCOC)NCCCN1CCN(c2cccc(C)c2)CC1. The van der Waals surface area contributed by atoms with Crippen molar-refractivity contribution in [3.05, 3.63) is 29.8 Å². The number of anilines is 1. The Hall–Kier alpha value is -1.79. The molecule has 1 aromatic carbocycles. The lowest BCUT2D eigenvalue weighted by atomic mass is 10.2. The van der Waals surface area contributed by atoms with Gasteiger partial charge in [0.25, 0.3) is 0 Å². The van der Waals surface area contributed by atoms with E-state index in [0.717, 1.165) is 77.8 Å². The Morgan fingerprint density at radius 3 is 2.67 bits per heavy atom. The number of nitrogens with zero attached hydrogens (tertiary/aromatic N) is 3. The number of hydrogen-bond donors (Lipinski definition) is 2. The van der Waals surface area contributed by atoms with Crippen molar-refractivity contribution < 1.29 is 4.74 Å². The van der Waals surface area contributed by atoms with Gasteiger partial charge in [-0.25, -0.2) is 0 Å². The molecule has 1 heterocycles. The molecule has 6 nitrogen and oxygen atoms in total. The van der Waals surface area contributed by atoms with Gasteiger partial charge in [-0.3, -0.25) is 9.89 Å². The summed E-state index contributed by atoms with van der Waals surface area (Å²) in [6.45, 7) is 13.3. The monoisotopic (exact) mass is 375 g/mol. The molecule has 0 spiro atoms. The van der Waals surface area contributed by atoms with Crippen molar-refractivity contribution in [2.75, 3.05) is 71.0 Å². The Labute approximate surface area is 165 Å². The summed E-state index contributed by atoms with van der Waals surface area (Å²) in [5.74, 6) is 0.915. The van der Waals surface area contributed by atoms with Crippen molar-refractivity contribution in [2.45, 2.75) is 26.7 Å². The van der Waals surface area contributed by atoms with Crippen LogP contribution in [0.4, 0.5) is 5.69 Å².